The van der Waals surface area contributed by atoms with Crippen LogP contribution in [0.15, 0.2) is 71.6 Å². The van der Waals surface area contributed by atoms with Crippen LogP contribution in [0, 0.1) is 5.92 Å². The van der Waals surface area contributed by atoms with Gasteiger partial charge >= 0.3 is 5.97 Å². The van der Waals surface area contributed by atoms with Crippen molar-refractivity contribution in [3.63, 3.8) is 0 Å². The van der Waals surface area contributed by atoms with E-state index in [0.717, 1.165) is 21.6 Å². The van der Waals surface area contributed by atoms with Crippen LogP contribution in [-0.2, 0) is 20.8 Å². The summed E-state index contributed by atoms with van der Waals surface area (Å²) in [5.74, 6) is -1.97. The maximum absolute atomic E-state index is 12.9. The number of hydrogen-bond donors (Lipinski definition) is 2. The topological polar surface area (TPSA) is 86.7 Å². The summed E-state index contributed by atoms with van der Waals surface area (Å²) in [6, 6.07) is 17.6. The smallest absolute Gasteiger partial charge is 0.326 e. The normalized spacial score (nSPS) is 14.7. The number of carboxylic acid groups (broad SMARTS) is 1. The van der Waals surface area contributed by atoms with E-state index < -0.39 is 12.0 Å². The Morgan fingerprint density at radius 3 is 2.34 bits per heavy atom. The molecule has 0 spiro atoms. The molecule has 2 N–H and O–H groups in total. The fraction of sp³-hybridized carbons (Fsp3) is 0.258. The molecule has 4 rings (SSSR count). The molecule has 0 saturated carbocycles. The molecule has 0 radical (unpaired) electrons. The third kappa shape index (κ3) is 8.07. The van der Waals surface area contributed by atoms with Gasteiger partial charge in [0.1, 0.15) is 6.04 Å². The minimum absolute atomic E-state index is 0.156. The summed E-state index contributed by atoms with van der Waals surface area (Å²) >= 11 is 20.2. The van der Waals surface area contributed by atoms with Crippen molar-refractivity contribution in [2.24, 2.45) is 5.92 Å². The second-order valence-corrected chi connectivity index (χ2v) is 11.8. The highest BCUT2D eigenvalue weighted by atomic mass is 35.5. The zero-order valence-electron chi connectivity index (χ0n) is 22.3. The molecule has 1 atom stereocenters. The highest BCUT2D eigenvalue weighted by molar-refractivity contribution is 7.98. The van der Waals surface area contributed by atoms with Gasteiger partial charge in [0, 0.05) is 41.4 Å². The first-order chi connectivity index (χ1) is 19.7. The molecular weight excluding hydrogens is 603 g/mol. The van der Waals surface area contributed by atoms with Gasteiger partial charge in [-0.25, -0.2) is 4.79 Å². The molecule has 3 aromatic rings. The Hall–Kier alpha value is -2.97. The number of hydrogen-bond acceptors (Lipinski definition) is 4. The molecule has 41 heavy (non-hydrogen) atoms. The van der Waals surface area contributed by atoms with E-state index >= 15 is 0 Å². The number of amides is 2. The first kappa shape index (κ1) is 31.0. The van der Waals surface area contributed by atoms with Gasteiger partial charge in [-0.1, -0.05) is 77.3 Å². The van der Waals surface area contributed by atoms with Gasteiger partial charge in [0.05, 0.1) is 10.0 Å². The highest BCUT2D eigenvalue weighted by Gasteiger charge is 2.29. The van der Waals surface area contributed by atoms with E-state index in [9.17, 15) is 19.5 Å². The highest BCUT2D eigenvalue weighted by Crippen LogP contribution is 2.35. The van der Waals surface area contributed by atoms with Crippen molar-refractivity contribution in [3.05, 3.63) is 92.9 Å². The van der Waals surface area contributed by atoms with Gasteiger partial charge < -0.3 is 15.3 Å². The predicted octanol–water partition coefficient (Wildman–Crippen LogP) is 7.10. The average molecular weight is 632 g/mol. The molecule has 0 bridgehead atoms. The molecule has 1 heterocycles. The molecule has 1 saturated heterocycles. The Morgan fingerprint density at radius 2 is 1.71 bits per heavy atom. The maximum atomic E-state index is 12.9. The van der Waals surface area contributed by atoms with Crippen LogP contribution in [0.3, 0.4) is 0 Å². The molecule has 1 aliphatic rings. The van der Waals surface area contributed by atoms with Crippen molar-refractivity contribution >= 4 is 70.4 Å². The van der Waals surface area contributed by atoms with E-state index in [1.54, 1.807) is 17.0 Å². The number of thioether (sulfide) groups is 1. The zero-order chi connectivity index (χ0) is 29.5. The van der Waals surface area contributed by atoms with E-state index in [4.69, 9.17) is 34.8 Å². The predicted molar refractivity (Wildman–Crippen MR) is 167 cm³/mol. The summed E-state index contributed by atoms with van der Waals surface area (Å²) in [5, 5.41) is 14.0. The number of piperidine rings is 1. The van der Waals surface area contributed by atoms with Crippen LogP contribution in [0.4, 0.5) is 0 Å². The molecule has 10 heteroatoms. The number of likely N-dealkylation sites (tertiary alicyclic amines) is 1. The Morgan fingerprint density at radius 1 is 1.00 bits per heavy atom. The number of aliphatic carboxylic acids is 1. The molecule has 2 amide bonds. The second kappa shape index (κ2) is 14.3. The standard InChI is InChI=1S/C31H29Cl3N2O4S/c1-41-26-11-9-21(28(33)29(26)34)10-12-27(37)36-15-13-22(14-16-36)30(38)35-25(31(39)40)17-19-5-7-20(8-6-19)23-3-2-4-24(32)18-23/h2-12,18,22,25H,13-17H2,1H3,(H,35,38)(H,39,40)/b12-10+. The van der Waals surface area contributed by atoms with Crippen LogP contribution in [0.1, 0.15) is 24.0 Å². The number of nitrogens with zero attached hydrogens (tertiary/aromatic N) is 1. The Labute approximate surface area is 258 Å². The van der Waals surface area contributed by atoms with Gasteiger partial charge in [0.25, 0.3) is 0 Å². The summed E-state index contributed by atoms with van der Waals surface area (Å²) in [6.45, 7) is 0.785. The second-order valence-electron chi connectivity index (χ2n) is 9.73. The Bertz CT molecular complexity index is 1450. The molecule has 1 fully saturated rings. The summed E-state index contributed by atoms with van der Waals surface area (Å²) in [6.07, 6.45) is 6.04. The fourth-order valence-electron chi connectivity index (χ4n) is 4.69. The van der Waals surface area contributed by atoms with Gasteiger partial charge in [0.2, 0.25) is 11.8 Å². The number of rotatable bonds is 9. The maximum Gasteiger partial charge on any atom is 0.326 e. The van der Waals surface area contributed by atoms with Crippen LogP contribution in [0.5, 0.6) is 0 Å². The number of benzene rings is 3. The Balaban J connectivity index is 1.30. The molecule has 1 aliphatic heterocycles. The van der Waals surface area contributed by atoms with Crippen LogP contribution in [-0.4, -0.2) is 53.2 Å². The van der Waals surface area contributed by atoms with Crippen molar-refractivity contribution in [2.75, 3.05) is 19.3 Å². The van der Waals surface area contributed by atoms with Crippen molar-refractivity contribution in [1.82, 2.24) is 10.2 Å². The van der Waals surface area contributed by atoms with E-state index in [-0.39, 0.29) is 24.2 Å². The first-order valence-electron chi connectivity index (χ1n) is 13.0. The quantitative estimate of drug-likeness (QED) is 0.194. The minimum atomic E-state index is -1.10. The lowest BCUT2D eigenvalue weighted by Crippen LogP contribution is -2.48. The monoisotopic (exact) mass is 630 g/mol. The van der Waals surface area contributed by atoms with E-state index in [1.165, 1.54) is 17.8 Å². The summed E-state index contributed by atoms with van der Waals surface area (Å²) in [5.41, 5.74) is 3.37. The van der Waals surface area contributed by atoms with Crippen molar-refractivity contribution < 1.29 is 19.5 Å². The lowest BCUT2D eigenvalue weighted by molar-refractivity contribution is -0.142. The van der Waals surface area contributed by atoms with E-state index in [2.05, 4.69) is 5.32 Å². The summed E-state index contributed by atoms with van der Waals surface area (Å²) in [7, 11) is 0. The van der Waals surface area contributed by atoms with Crippen LogP contribution in [0.25, 0.3) is 17.2 Å². The van der Waals surface area contributed by atoms with Gasteiger partial charge in [0.15, 0.2) is 0 Å². The van der Waals surface area contributed by atoms with Gasteiger partial charge in [-0.05, 0) is 65.6 Å². The molecule has 0 aromatic heterocycles. The SMILES string of the molecule is CSc1ccc(/C=C/C(=O)N2CCC(C(=O)NC(Cc3ccc(-c4cccc(Cl)c4)cc3)C(=O)O)CC2)c(Cl)c1Cl. The fourth-order valence-corrected chi connectivity index (χ4v) is 6.05. The summed E-state index contributed by atoms with van der Waals surface area (Å²) < 4.78 is 0. The number of carbonyl (C=O) groups is 3. The Kier molecular flexibility index (Phi) is 10.8. The molecule has 1 unspecified atom stereocenters. The van der Waals surface area contributed by atoms with Crippen LogP contribution >= 0.6 is 46.6 Å². The van der Waals surface area contributed by atoms with E-state index in [0.29, 0.717) is 46.6 Å². The minimum Gasteiger partial charge on any atom is -0.480 e. The van der Waals surface area contributed by atoms with E-state index in [1.807, 2.05) is 60.9 Å². The van der Waals surface area contributed by atoms with Gasteiger partial charge in [-0.2, -0.15) is 0 Å². The molecule has 6 nitrogen and oxygen atoms in total. The number of nitrogens with one attached hydrogen (secondary N) is 1. The average Bonchev–Trinajstić information content (AvgIpc) is 2.97. The van der Waals surface area contributed by atoms with Crippen molar-refractivity contribution in [3.8, 4) is 11.1 Å². The molecular formula is C31H29Cl3N2O4S. The first-order valence-corrected chi connectivity index (χ1v) is 15.4. The van der Waals surface area contributed by atoms with Crippen molar-refractivity contribution in [1.29, 1.82) is 0 Å². The zero-order valence-corrected chi connectivity index (χ0v) is 25.4. The number of halogens is 3. The van der Waals surface area contributed by atoms with Crippen LogP contribution in [0.2, 0.25) is 15.1 Å². The lowest BCUT2D eigenvalue weighted by atomic mass is 9.94. The summed E-state index contributed by atoms with van der Waals surface area (Å²) in [4.78, 5) is 40.2. The molecule has 0 aliphatic carbocycles. The molecule has 214 valence electrons. The third-order valence-corrected chi connectivity index (χ3v) is 9.07. The molecule has 3 aromatic carbocycles. The van der Waals surface area contributed by atoms with Gasteiger partial charge in [-0.3, -0.25) is 9.59 Å². The van der Waals surface area contributed by atoms with Crippen LogP contribution < -0.4 is 5.32 Å². The number of carboxylic acids is 1. The lowest BCUT2D eigenvalue weighted by Gasteiger charge is -2.31. The van der Waals surface area contributed by atoms with Gasteiger partial charge in [-0.15, -0.1) is 11.8 Å². The largest absolute Gasteiger partial charge is 0.480 e. The number of carbonyl (C=O) groups excluding carboxylic acids is 2. The third-order valence-electron chi connectivity index (χ3n) is 7.05. The van der Waals surface area contributed by atoms with Crippen molar-refractivity contribution in [2.45, 2.75) is 30.2 Å².